The predicted molar refractivity (Wildman–Crippen MR) is 82.1 cm³/mol. The zero-order chi connectivity index (χ0) is 14.9. The highest BCUT2D eigenvalue weighted by atomic mass is 16.7. The number of hydrogen-bond donors (Lipinski definition) is 2. The molecule has 1 aromatic carbocycles. The number of guanidine groups is 1. The summed E-state index contributed by atoms with van der Waals surface area (Å²) in [5.41, 5.74) is 1.21. The molecule has 0 radical (unpaired) electrons. The molecule has 1 aliphatic heterocycles. The van der Waals surface area contributed by atoms with Gasteiger partial charge < -0.3 is 24.8 Å². The van der Waals surface area contributed by atoms with E-state index in [1.165, 1.54) is 5.56 Å². The first-order valence-electron chi connectivity index (χ1n) is 7.15. The molecule has 2 rings (SSSR count). The molecule has 0 fully saturated rings. The van der Waals surface area contributed by atoms with Crippen molar-refractivity contribution < 1.29 is 14.2 Å². The van der Waals surface area contributed by atoms with Gasteiger partial charge in [0.05, 0.1) is 0 Å². The van der Waals surface area contributed by atoms with E-state index in [0.717, 1.165) is 50.0 Å². The maximum atomic E-state index is 5.37. The van der Waals surface area contributed by atoms with Crippen molar-refractivity contribution in [2.75, 3.05) is 40.6 Å². The van der Waals surface area contributed by atoms with Gasteiger partial charge in [-0.15, -0.1) is 0 Å². The fourth-order valence-electron chi connectivity index (χ4n) is 2.07. The number of methoxy groups -OCH3 is 1. The van der Waals surface area contributed by atoms with Crippen LogP contribution in [0, 0.1) is 0 Å². The highest BCUT2D eigenvalue weighted by molar-refractivity contribution is 5.79. The smallest absolute Gasteiger partial charge is 0.231 e. The lowest BCUT2D eigenvalue weighted by atomic mass is 10.1. The molecular weight excluding hydrogens is 270 g/mol. The average Bonchev–Trinajstić information content (AvgIpc) is 2.97. The van der Waals surface area contributed by atoms with Gasteiger partial charge in [0.25, 0.3) is 0 Å². The van der Waals surface area contributed by atoms with Gasteiger partial charge in [0.15, 0.2) is 17.5 Å². The molecule has 116 valence electrons. The van der Waals surface area contributed by atoms with Crippen molar-refractivity contribution in [3.63, 3.8) is 0 Å². The summed E-state index contributed by atoms with van der Waals surface area (Å²) < 4.78 is 15.7. The summed E-state index contributed by atoms with van der Waals surface area (Å²) in [7, 11) is 3.48. The van der Waals surface area contributed by atoms with Crippen LogP contribution < -0.4 is 20.1 Å². The molecule has 0 unspecified atom stereocenters. The van der Waals surface area contributed by atoms with Crippen LogP contribution in [-0.4, -0.2) is 46.6 Å². The van der Waals surface area contributed by atoms with Crippen molar-refractivity contribution in [1.82, 2.24) is 10.6 Å². The monoisotopic (exact) mass is 293 g/mol. The van der Waals surface area contributed by atoms with Crippen LogP contribution in [0.15, 0.2) is 23.2 Å². The second kappa shape index (κ2) is 8.36. The number of rotatable bonds is 7. The molecule has 1 aliphatic rings. The largest absolute Gasteiger partial charge is 0.454 e. The van der Waals surface area contributed by atoms with Gasteiger partial charge >= 0.3 is 0 Å². The van der Waals surface area contributed by atoms with Crippen LogP contribution in [0.1, 0.15) is 12.0 Å². The molecule has 0 aromatic heterocycles. The number of fused-ring (bicyclic) bond motifs is 1. The summed E-state index contributed by atoms with van der Waals surface area (Å²) in [5, 5.41) is 6.53. The topological polar surface area (TPSA) is 64.1 Å². The molecule has 6 nitrogen and oxygen atoms in total. The van der Waals surface area contributed by atoms with E-state index in [1.54, 1.807) is 14.2 Å². The molecule has 6 heteroatoms. The van der Waals surface area contributed by atoms with E-state index in [4.69, 9.17) is 14.2 Å². The standard InChI is InChI=1S/C15H23N3O3/c1-16-15(17-7-3-9-19-2)18-8-6-12-4-5-13-14(10-12)21-11-20-13/h4-5,10H,3,6-9,11H2,1-2H3,(H2,16,17,18). The summed E-state index contributed by atoms with van der Waals surface area (Å²) in [6.07, 6.45) is 1.86. The number of nitrogens with one attached hydrogen (secondary N) is 2. The number of hydrogen-bond acceptors (Lipinski definition) is 4. The number of ether oxygens (including phenoxy) is 3. The summed E-state index contributed by atoms with van der Waals surface area (Å²) in [6, 6.07) is 6.04. The van der Waals surface area contributed by atoms with Crippen molar-refractivity contribution in [3.05, 3.63) is 23.8 Å². The molecule has 21 heavy (non-hydrogen) atoms. The van der Waals surface area contributed by atoms with E-state index >= 15 is 0 Å². The Hall–Kier alpha value is -1.95. The van der Waals surface area contributed by atoms with E-state index in [0.29, 0.717) is 6.79 Å². The Morgan fingerprint density at radius 1 is 1.24 bits per heavy atom. The molecule has 0 amide bonds. The first kappa shape index (κ1) is 15.4. The van der Waals surface area contributed by atoms with Crippen LogP contribution in [0.2, 0.25) is 0 Å². The minimum atomic E-state index is 0.315. The van der Waals surface area contributed by atoms with Gasteiger partial charge in [0.2, 0.25) is 6.79 Å². The third kappa shape index (κ3) is 4.82. The Morgan fingerprint density at radius 2 is 2.05 bits per heavy atom. The summed E-state index contributed by atoms with van der Waals surface area (Å²) in [4.78, 5) is 4.18. The van der Waals surface area contributed by atoms with Gasteiger partial charge in [0, 0.05) is 33.9 Å². The van der Waals surface area contributed by atoms with Crippen molar-refractivity contribution >= 4 is 5.96 Å². The third-order valence-electron chi connectivity index (χ3n) is 3.18. The first-order valence-corrected chi connectivity index (χ1v) is 7.15. The van der Waals surface area contributed by atoms with Gasteiger partial charge in [-0.25, -0.2) is 0 Å². The minimum absolute atomic E-state index is 0.315. The highest BCUT2D eigenvalue weighted by Crippen LogP contribution is 2.32. The maximum absolute atomic E-state index is 5.37. The van der Waals surface area contributed by atoms with Crippen molar-refractivity contribution in [2.24, 2.45) is 4.99 Å². The molecule has 0 bridgehead atoms. The predicted octanol–water partition coefficient (Wildman–Crippen LogP) is 1.16. The lowest BCUT2D eigenvalue weighted by Crippen LogP contribution is -2.38. The molecule has 0 saturated carbocycles. The number of nitrogens with zero attached hydrogens (tertiary/aromatic N) is 1. The molecule has 1 aromatic rings. The highest BCUT2D eigenvalue weighted by Gasteiger charge is 2.12. The lowest BCUT2D eigenvalue weighted by molar-refractivity contribution is 0.174. The Kier molecular flexibility index (Phi) is 6.15. The van der Waals surface area contributed by atoms with E-state index in [-0.39, 0.29) is 0 Å². The van der Waals surface area contributed by atoms with Crippen molar-refractivity contribution in [1.29, 1.82) is 0 Å². The molecule has 0 aliphatic carbocycles. The molecule has 0 spiro atoms. The SMILES string of the molecule is CN=C(NCCCOC)NCCc1ccc2c(c1)OCO2. The molecule has 0 atom stereocenters. The lowest BCUT2D eigenvalue weighted by Gasteiger charge is -2.11. The minimum Gasteiger partial charge on any atom is -0.454 e. The average molecular weight is 293 g/mol. The first-order chi connectivity index (χ1) is 10.3. The van der Waals surface area contributed by atoms with Crippen LogP contribution in [-0.2, 0) is 11.2 Å². The normalized spacial score (nSPS) is 13.3. The fourth-order valence-corrected chi connectivity index (χ4v) is 2.07. The second-order valence-corrected chi connectivity index (χ2v) is 4.71. The van der Waals surface area contributed by atoms with Crippen molar-refractivity contribution in [2.45, 2.75) is 12.8 Å². The second-order valence-electron chi connectivity index (χ2n) is 4.71. The Labute approximate surface area is 125 Å². The fraction of sp³-hybridized carbons (Fsp3) is 0.533. The van der Waals surface area contributed by atoms with E-state index in [1.807, 2.05) is 12.1 Å². The zero-order valence-corrected chi connectivity index (χ0v) is 12.6. The van der Waals surface area contributed by atoms with Crippen LogP contribution >= 0.6 is 0 Å². The van der Waals surface area contributed by atoms with Gasteiger partial charge in [-0.3, -0.25) is 4.99 Å². The summed E-state index contributed by atoms with van der Waals surface area (Å²) in [5.74, 6) is 2.46. The number of benzene rings is 1. The maximum Gasteiger partial charge on any atom is 0.231 e. The van der Waals surface area contributed by atoms with Crippen molar-refractivity contribution in [3.8, 4) is 11.5 Å². The van der Waals surface area contributed by atoms with Crippen LogP contribution in [0.4, 0.5) is 0 Å². The molecule has 0 saturated heterocycles. The van der Waals surface area contributed by atoms with E-state index in [9.17, 15) is 0 Å². The zero-order valence-electron chi connectivity index (χ0n) is 12.6. The van der Waals surface area contributed by atoms with Crippen LogP contribution in [0.5, 0.6) is 11.5 Å². The van der Waals surface area contributed by atoms with E-state index in [2.05, 4.69) is 21.7 Å². The van der Waals surface area contributed by atoms with Gasteiger partial charge in [-0.05, 0) is 30.5 Å². The van der Waals surface area contributed by atoms with Gasteiger partial charge in [0.1, 0.15) is 0 Å². The Morgan fingerprint density at radius 3 is 2.86 bits per heavy atom. The van der Waals surface area contributed by atoms with Crippen LogP contribution in [0.3, 0.4) is 0 Å². The quantitative estimate of drug-likeness (QED) is 0.449. The summed E-state index contributed by atoms with van der Waals surface area (Å²) >= 11 is 0. The van der Waals surface area contributed by atoms with E-state index < -0.39 is 0 Å². The van der Waals surface area contributed by atoms with Gasteiger partial charge in [-0.2, -0.15) is 0 Å². The molecule has 2 N–H and O–H groups in total. The summed E-state index contributed by atoms with van der Waals surface area (Å²) in [6.45, 7) is 2.72. The number of aliphatic imine (C=N–C) groups is 1. The van der Waals surface area contributed by atoms with Crippen LogP contribution in [0.25, 0.3) is 0 Å². The molecular formula is C15H23N3O3. The molecule has 1 heterocycles. The Balaban J connectivity index is 1.70. The Bertz CT molecular complexity index is 477. The van der Waals surface area contributed by atoms with Gasteiger partial charge in [-0.1, -0.05) is 6.07 Å². The third-order valence-corrected chi connectivity index (χ3v) is 3.18.